The van der Waals surface area contributed by atoms with Crippen molar-refractivity contribution in [1.82, 2.24) is 9.21 Å². The molecule has 1 amide bonds. The molecule has 1 aliphatic heterocycles. The van der Waals surface area contributed by atoms with Crippen LogP contribution in [0.1, 0.15) is 15.9 Å². The standard InChI is InChI=1S/C13H16N2O5S/c1-14-5-6-15(8-12(14)16)21(19,20)9-10-3-2-4-11(7-10)13(17)18/h2-4,7H,5-6,8-9H2,1H3,(H,17,18). The summed E-state index contributed by atoms with van der Waals surface area (Å²) < 4.78 is 25.7. The van der Waals surface area contributed by atoms with Gasteiger partial charge in [0.25, 0.3) is 0 Å². The van der Waals surface area contributed by atoms with Crippen molar-refractivity contribution >= 4 is 21.9 Å². The minimum Gasteiger partial charge on any atom is -0.478 e. The number of aromatic carboxylic acids is 1. The highest BCUT2D eigenvalue weighted by Gasteiger charge is 2.30. The number of sulfonamides is 1. The Balaban J connectivity index is 2.16. The van der Waals surface area contributed by atoms with E-state index in [1.807, 2.05) is 0 Å². The van der Waals surface area contributed by atoms with Crippen LogP contribution in [-0.2, 0) is 20.6 Å². The van der Waals surface area contributed by atoms with Gasteiger partial charge in [0.1, 0.15) is 0 Å². The van der Waals surface area contributed by atoms with Crippen molar-refractivity contribution in [2.24, 2.45) is 0 Å². The van der Waals surface area contributed by atoms with Gasteiger partial charge < -0.3 is 10.0 Å². The summed E-state index contributed by atoms with van der Waals surface area (Å²) in [4.78, 5) is 24.0. The van der Waals surface area contributed by atoms with E-state index < -0.39 is 16.0 Å². The van der Waals surface area contributed by atoms with Crippen LogP contribution < -0.4 is 0 Å². The summed E-state index contributed by atoms with van der Waals surface area (Å²) in [6, 6.07) is 5.79. The fourth-order valence-electron chi connectivity index (χ4n) is 2.07. The predicted molar refractivity (Wildman–Crippen MR) is 75.2 cm³/mol. The van der Waals surface area contributed by atoms with Crippen LogP contribution in [0.15, 0.2) is 24.3 Å². The summed E-state index contributed by atoms with van der Waals surface area (Å²) in [7, 11) is -2.01. The lowest BCUT2D eigenvalue weighted by Gasteiger charge is -2.31. The smallest absolute Gasteiger partial charge is 0.335 e. The van der Waals surface area contributed by atoms with E-state index in [0.717, 1.165) is 4.31 Å². The quantitative estimate of drug-likeness (QED) is 0.843. The fraction of sp³-hybridized carbons (Fsp3) is 0.385. The molecule has 1 N–H and O–H groups in total. The second kappa shape index (κ2) is 5.82. The number of carbonyl (C=O) groups excluding carboxylic acids is 1. The third-order valence-corrected chi connectivity index (χ3v) is 5.14. The Hall–Kier alpha value is -1.93. The van der Waals surface area contributed by atoms with Crippen molar-refractivity contribution in [3.8, 4) is 0 Å². The summed E-state index contributed by atoms with van der Waals surface area (Å²) in [6.45, 7) is 0.438. The average molecular weight is 312 g/mol. The Kier molecular flexibility index (Phi) is 4.29. The Labute approximate surface area is 122 Å². The summed E-state index contributed by atoms with van der Waals surface area (Å²) in [5.41, 5.74) is 0.429. The van der Waals surface area contributed by atoms with Gasteiger partial charge in [-0.25, -0.2) is 13.2 Å². The van der Waals surface area contributed by atoms with Crippen LogP contribution in [0.25, 0.3) is 0 Å². The molecule has 1 aliphatic rings. The van der Waals surface area contributed by atoms with E-state index in [2.05, 4.69) is 0 Å². The third kappa shape index (κ3) is 3.59. The van der Waals surface area contributed by atoms with Crippen LogP contribution in [0.3, 0.4) is 0 Å². The number of amides is 1. The zero-order chi connectivity index (χ0) is 15.6. The molecule has 2 rings (SSSR count). The van der Waals surface area contributed by atoms with Crippen LogP contribution in [0.4, 0.5) is 0 Å². The molecule has 0 radical (unpaired) electrons. The number of piperazine rings is 1. The highest BCUT2D eigenvalue weighted by atomic mass is 32.2. The van der Waals surface area contributed by atoms with Crippen molar-refractivity contribution in [2.75, 3.05) is 26.7 Å². The maximum absolute atomic E-state index is 12.3. The van der Waals surface area contributed by atoms with E-state index in [4.69, 9.17) is 5.11 Å². The SMILES string of the molecule is CN1CCN(S(=O)(=O)Cc2cccc(C(=O)O)c2)CC1=O. The maximum atomic E-state index is 12.3. The second-order valence-electron chi connectivity index (χ2n) is 4.91. The van der Waals surface area contributed by atoms with Crippen LogP contribution in [0.2, 0.25) is 0 Å². The van der Waals surface area contributed by atoms with E-state index in [0.29, 0.717) is 12.1 Å². The first-order valence-electron chi connectivity index (χ1n) is 6.33. The lowest BCUT2D eigenvalue weighted by Crippen LogP contribution is -2.50. The zero-order valence-corrected chi connectivity index (χ0v) is 12.3. The highest BCUT2D eigenvalue weighted by molar-refractivity contribution is 7.88. The minimum atomic E-state index is -3.64. The van der Waals surface area contributed by atoms with Gasteiger partial charge >= 0.3 is 5.97 Å². The molecule has 0 saturated carbocycles. The lowest BCUT2D eigenvalue weighted by atomic mass is 10.1. The molecule has 0 aliphatic carbocycles. The first-order chi connectivity index (χ1) is 9.79. The van der Waals surface area contributed by atoms with Crippen molar-refractivity contribution in [3.63, 3.8) is 0 Å². The molecule has 114 valence electrons. The van der Waals surface area contributed by atoms with Crippen LogP contribution >= 0.6 is 0 Å². The van der Waals surface area contributed by atoms with Crippen LogP contribution in [-0.4, -0.2) is 61.3 Å². The number of carbonyl (C=O) groups is 2. The molecule has 0 atom stereocenters. The van der Waals surface area contributed by atoms with Crippen LogP contribution in [0.5, 0.6) is 0 Å². The van der Waals surface area contributed by atoms with E-state index in [1.165, 1.54) is 23.1 Å². The third-order valence-electron chi connectivity index (χ3n) is 3.34. The van der Waals surface area contributed by atoms with Crippen molar-refractivity contribution in [2.45, 2.75) is 5.75 Å². The normalized spacial score (nSPS) is 17.0. The maximum Gasteiger partial charge on any atom is 0.335 e. The molecular weight excluding hydrogens is 296 g/mol. The van der Waals surface area contributed by atoms with Gasteiger partial charge in [-0.3, -0.25) is 4.79 Å². The summed E-state index contributed by atoms with van der Waals surface area (Å²) >= 11 is 0. The summed E-state index contributed by atoms with van der Waals surface area (Å²) in [6.07, 6.45) is 0. The first-order valence-corrected chi connectivity index (χ1v) is 7.94. The molecule has 0 unspecified atom stereocenters. The molecule has 7 nitrogen and oxygen atoms in total. The number of hydrogen-bond acceptors (Lipinski definition) is 4. The zero-order valence-electron chi connectivity index (χ0n) is 11.5. The van der Waals surface area contributed by atoms with Gasteiger partial charge in [-0.1, -0.05) is 12.1 Å². The molecular formula is C13H16N2O5S. The molecule has 0 bridgehead atoms. The number of hydrogen-bond donors (Lipinski definition) is 1. The lowest BCUT2D eigenvalue weighted by molar-refractivity contribution is -0.132. The number of likely N-dealkylation sites (N-methyl/N-ethyl adjacent to an activating group) is 1. The van der Waals surface area contributed by atoms with E-state index in [-0.39, 0.29) is 30.3 Å². The largest absolute Gasteiger partial charge is 0.478 e. The first kappa shape index (κ1) is 15.5. The molecule has 8 heteroatoms. The van der Waals surface area contributed by atoms with Gasteiger partial charge in [0, 0.05) is 20.1 Å². The van der Waals surface area contributed by atoms with Crippen molar-refractivity contribution in [1.29, 1.82) is 0 Å². The van der Waals surface area contributed by atoms with Gasteiger partial charge in [0.2, 0.25) is 15.9 Å². The summed E-state index contributed by atoms with van der Waals surface area (Å²) in [5, 5.41) is 8.91. The molecule has 0 spiro atoms. The number of rotatable bonds is 4. The minimum absolute atomic E-state index is 0.0390. The molecule has 1 saturated heterocycles. The number of benzene rings is 1. The average Bonchev–Trinajstić information content (AvgIpc) is 2.41. The van der Waals surface area contributed by atoms with Gasteiger partial charge in [0.15, 0.2) is 0 Å². The van der Waals surface area contributed by atoms with Crippen LogP contribution in [0, 0.1) is 0 Å². The Morgan fingerprint density at radius 3 is 2.67 bits per heavy atom. The Bertz CT molecular complexity index is 671. The van der Waals surface area contributed by atoms with Crippen molar-refractivity contribution < 1.29 is 23.1 Å². The molecule has 21 heavy (non-hydrogen) atoms. The number of carboxylic acids is 1. The molecule has 1 fully saturated rings. The molecule has 1 heterocycles. The van der Waals surface area contributed by atoms with Gasteiger partial charge in [-0.2, -0.15) is 4.31 Å². The fourth-order valence-corrected chi connectivity index (χ4v) is 3.52. The summed E-state index contributed by atoms with van der Waals surface area (Å²) in [5.74, 6) is -1.67. The highest BCUT2D eigenvalue weighted by Crippen LogP contribution is 2.15. The molecule has 1 aromatic carbocycles. The predicted octanol–water partition coefficient (Wildman–Crippen LogP) is -0.0114. The van der Waals surface area contributed by atoms with E-state index in [1.54, 1.807) is 13.1 Å². The Morgan fingerprint density at radius 1 is 1.33 bits per heavy atom. The Morgan fingerprint density at radius 2 is 2.05 bits per heavy atom. The number of nitrogens with zero attached hydrogens (tertiary/aromatic N) is 2. The van der Waals surface area contributed by atoms with E-state index in [9.17, 15) is 18.0 Å². The molecule has 1 aromatic rings. The number of carboxylic acid groups (broad SMARTS) is 1. The second-order valence-corrected chi connectivity index (χ2v) is 6.88. The topological polar surface area (TPSA) is 95.0 Å². The van der Waals surface area contributed by atoms with Gasteiger partial charge in [0.05, 0.1) is 17.9 Å². The van der Waals surface area contributed by atoms with Gasteiger partial charge in [-0.05, 0) is 17.7 Å². The van der Waals surface area contributed by atoms with Crippen molar-refractivity contribution in [3.05, 3.63) is 35.4 Å². The van der Waals surface area contributed by atoms with E-state index >= 15 is 0 Å². The monoisotopic (exact) mass is 312 g/mol. The van der Waals surface area contributed by atoms with Gasteiger partial charge in [-0.15, -0.1) is 0 Å². The molecule has 0 aromatic heterocycles.